The Bertz CT molecular complexity index is 281. The Morgan fingerprint density at radius 1 is 1.43 bits per heavy atom. The maximum Gasteiger partial charge on any atom is 0.213 e. The number of alkyl halides is 1. The van der Waals surface area contributed by atoms with Crippen molar-refractivity contribution in [2.45, 2.75) is 11.2 Å². The molecule has 78 valence electrons. The fourth-order valence-corrected chi connectivity index (χ4v) is 1.75. The van der Waals surface area contributed by atoms with Crippen molar-refractivity contribution in [1.82, 2.24) is 4.98 Å². The van der Waals surface area contributed by atoms with Crippen LogP contribution in [-0.2, 0) is 11.2 Å². The third kappa shape index (κ3) is 3.64. The predicted molar refractivity (Wildman–Crippen MR) is 59.1 cm³/mol. The van der Waals surface area contributed by atoms with Crippen LogP contribution in [0, 0.1) is 0 Å². The Labute approximate surface area is 92.6 Å². The molecule has 1 rings (SSSR count). The summed E-state index contributed by atoms with van der Waals surface area (Å²) >= 11 is 3.52. The van der Waals surface area contributed by atoms with Crippen LogP contribution in [0.25, 0.3) is 0 Å². The summed E-state index contributed by atoms with van der Waals surface area (Å²) in [6.45, 7) is 0.679. The lowest BCUT2D eigenvalue weighted by Gasteiger charge is -2.08. The first-order chi connectivity index (χ1) is 6.76. The Balaban J connectivity index is 2.57. The van der Waals surface area contributed by atoms with Crippen molar-refractivity contribution >= 4 is 15.9 Å². The average molecular weight is 260 g/mol. The van der Waals surface area contributed by atoms with Gasteiger partial charge in [-0.3, -0.25) is 0 Å². The first kappa shape index (κ1) is 11.5. The van der Waals surface area contributed by atoms with E-state index in [1.807, 2.05) is 18.2 Å². The molecule has 0 aliphatic heterocycles. The SMILES string of the molecule is COCC(Br)Cc1cccc(OC)n1. The molecule has 0 amide bonds. The molecular formula is C10H14BrNO2. The van der Waals surface area contributed by atoms with Crippen LogP contribution in [0.4, 0.5) is 0 Å². The number of hydrogen-bond acceptors (Lipinski definition) is 3. The van der Waals surface area contributed by atoms with Gasteiger partial charge in [-0.2, -0.15) is 0 Å². The molecule has 0 saturated carbocycles. The lowest BCUT2D eigenvalue weighted by molar-refractivity contribution is 0.200. The second-order valence-electron chi connectivity index (χ2n) is 2.93. The molecule has 0 saturated heterocycles. The Hall–Kier alpha value is -0.610. The summed E-state index contributed by atoms with van der Waals surface area (Å²) < 4.78 is 10.1. The number of methoxy groups -OCH3 is 2. The number of pyridine rings is 1. The van der Waals surface area contributed by atoms with Gasteiger partial charge in [-0.1, -0.05) is 22.0 Å². The first-order valence-electron chi connectivity index (χ1n) is 4.39. The van der Waals surface area contributed by atoms with Crippen LogP contribution in [0.5, 0.6) is 5.88 Å². The van der Waals surface area contributed by atoms with E-state index in [0.717, 1.165) is 12.1 Å². The number of ether oxygens (including phenoxy) is 2. The van der Waals surface area contributed by atoms with E-state index in [9.17, 15) is 0 Å². The number of hydrogen-bond donors (Lipinski definition) is 0. The Kier molecular flexibility index (Phi) is 4.90. The maximum absolute atomic E-state index is 5.04. The minimum Gasteiger partial charge on any atom is -0.481 e. The molecule has 1 aromatic heterocycles. The Morgan fingerprint density at radius 3 is 2.86 bits per heavy atom. The van der Waals surface area contributed by atoms with Crippen LogP contribution in [0.2, 0.25) is 0 Å². The highest BCUT2D eigenvalue weighted by atomic mass is 79.9. The molecule has 14 heavy (non-hydrogen) atoms. The minimum absolute atomic E-state index is 0.298. The van der Waals surface area contributed by atoms with E-state index in [-0.39, 0.29) is 0 Å². The fraction of sp³-hybridized carbons (Fsp3) is 0.500. The first-order valence-corrected chi connectivity index (χ1v) is 5.30. The van der Waals surface area contributed by atoms with Gasteiger partial charge in [0, 0.05) is 30.1 Å². The highest BCUT2D eigenvalue weighted by Crippen LogP contribution is 2.12. The van der Waals surface area contributed by atoms with E-state index in [1.54, 1.807) is 14.2 Å². The molecule has 0 aliphatic rings. The van der Waals surface area contributed by atoms with Gasteiger partial charge in [0.1, 0.15) is 0 Å². The molecule has 0 fully saturated rings. The van der Waals surface area contributed by atoms with Crippen molar-refractivity contribution in [2.75, 3.05) is 20.8 Å². The van der Waals surface area contributed by atoms with Gasteiger partial charge in [-0.05, 0) is 6.07 Å². The molecule has 1 unspecified atom stereocenters. The van der Waals surface area contributed by atoms with Crippen LogP contribution < -0.4 is 4.74 Å². The van der Waals surface area contributed by atoms with Crippen molar-refractivity contribution in [3.63, 3.8) is 0 Å². The highest BCUT2D eigenvalue weighted by Gasteiger charge is 2.06. The zero-order valence-electron chi connectivity index (χ0n) is 8.37. The van der Waals surface area contributed by atoms with E-state index >= 15 is 0 Å². The van der Waals surface area contributed by atoms with Crippen LogP contribution in [0.1, 0.15) is 5.69 Å². The molecule has 1 aromatic rings. The third-order valence-corrected chi connectivity index (χ3v) is 2.36. The molecule has 0 aliphatic carbocycles. The van der Waals surface area contributed by atoms with Gasteiger partial charge in [0.05, 0.1) is 13.7 Å². The number of nitrogens with zero attached hydrogens (tertiary/aromatic N) is 1. The van der Waals surface area contributed by atoms with E-state index in [2.05, 4.69) is 20.9 Å². The molecule has 1 atom stereocenters. The summed E-state index contributed by atoms with van der Waals surface area (Å²) in [6, 6.07) is 5.75. The smallest absolute Gasteiger partial charge is 0.213 e. The van der Waals surface area contributed by atoms with E-state index in [0.29, 0.717) is 17.3 Å². The third-order valence-electron chi connectivity index (χ3n) is 1.77. The summed E-state index contributed by atoms with van der Waals surface area (Å²) in [4.78, 5) is 4.60. The molecular weight excluding hydrogens is 246 g/mol. The molecule has 1 heterocycles. The zero-order valence-corrected chi connectivity index (χ0v) is 9.95. The molecule has 0 radical (unpaired) electrons. The summed E-state index contributed by atoms with van der Waals surface area (Å²) in [7, 11) is 3.31. The van der Waals surface area contributed by atoms with Crippen molar-refractivity contribution in [2.24, 2.45) is 0 Å². The van der Waals surface area contributed by atoms with Gasteiger partial charge >= 0.3 is 0 Å². The number of aromatic nitrogens is 1. The molecule has 0 bridgehead atoms. The lowest BCUT2D eigenvalue weighted by atomic mass is 10.2. The molecule has 0 spiro atoms. The molecule has 0 N–H and O–H groups in total. The Morgan fingerprint density at radius 2 is 2.21 bits per heavy atom. The lowest BCUT2D eigenvalue weighted by Crippen LogP contribution is -2.11. The second kappa shape index (κ2) is 5.98. The summed E-state index contributed by atoms with van der Waals surface area (Å²) in [6.07, 6.45) is 0.838. The van der Waals surface area contributed by atoms with Crippen LogP contribution in [0.3, 0.4) is 0 Å². The van der Waals surface area contributed by atoms with E-state index in [1.165, 1.54) is 0 Å². The summed E-state index contributed by atoms with van der Waals surface area (Å²) in [5.41, 5.74) is 1.00. The monoisotopic (exact) mass is 259 g/mol. The number of rotatable bonds is 5. The molecule has 0 aromatic carbocycles. The van der Waals surface area contributed by atoms with Gasteiger partial charge in [0.15, 0.2) is 0 Å². The minimum atomic E-state index is 0.298. The van der Waals surface area contributed by atoms with Crippen LogP contribution in [0.15, 0.2) is 18.2 Å². The van der Waals surface area contributed by atoms with Gasteiger partial charge in [-0.25, -0.2) is 4.98 Å². The van der Waals surface area contributed by atoms with Gasteiger partial charge in [-0.15, -0.1) is 0 Å². The van der Waals surface area contributed by atoms with Crippen molar-refractivity contribution < 1.29 is 9.47 Å². The van der Waals surface area contributed by atoms with Gasteiger partial charge in [0.25, 0.3) is 0 Å². The molecule has 3 nitrogen and oxygen atoms in total. The molecule has 4 heteroatoms. The number of halogens is 1. The largest absolute Gasteiger partial charge is 0.481 e. The predicted octanol–water partition coefficient (Wildman–Crippen LogP) is 2.04. The fourth-order valence-electron chi connectivity index (χ4n) is 1.15. The quantitative estimate of drug-likeness (QED) is 0.759. The highest BCUT2D eigenvalue weighted by molar-refractivity contribution is 9.09. The normalized spacial score (nSPS) is 12.5. The topological polar surface area (TPSA) is 31.4 Å². The van der Waals surface area contributed by atoms with Crippen LogP contribution in [-0.4, -0.2) is 30.6 Å². The van der Waals surface area contributed by atoms with Crippen molar-refractivity contribution in [3.05, 3.63) is 23.9 Å². The zero-order chi connectivity index (χ0) is 10.4. The van der Waals surface area contributed by atoms with Gasteiger partial charge < -0.3 is 9.47 Å². The summed E-state index contributed by atoms with van der Waals surface area (Å²) in [5.74, 6) is 0.652. The maximum atomic E-state index is 5.04. The summed E-state index contributed by atoms with van der Waals surface area (Å²) in [5, 5.41) is 0. The second-order valence-corrected chi connectivity index (χ2v) is 4.22. The van der Waals surface area contributed by atoms with Crippen molar-refractivity contribution in [3.8, 4) is 5.88 Å². The van der Waals surface area contributed by atoms with E-state index < -0.39 is 0 Å². The van der Waals surface area contributed by atoms with E-state index in [4.69, 9.17) is 9.47 Å². The van der Waals surface area contributed by atoms with Gasteiger partial charge in [0.2, 0.25) is 5.88 Å². The standard InChI is InChI=1S/C10H14BrNO2/c1-13-7-8(11)6-9-4-3-5-10(12-9)14-2/h3-5,8H,6-7H2,1-2H3. The average Bonchev–Trinajstić information content (AvgIpc) is 2.18. The van der Waals surface area contributed by atoms with Crippen LogP contribution >= 0.6 is 15.9 Å². The van der Waals surface area contributed by atoms with Crippen molar-refractivity contribution in [1.29, 1.82) is 0 Å².